The van der Waals surface area contributed by atoms with Crippen LogP contribution in [0.3, 0.4) is 0 Å². The van der Waals surface area contributed by atoms with Gasteiger partial charge in [-0.15, -0.1) is 0 Å². The van der Waals surface area contributed by atoms with Crippen molar-refractivity contribution in [1.29, 1.82) is 0 Å². The molecule has 1 amide bonds. The Morgan fingerprint density at radius 2 is 1.60 bits per heavy atom. The maximum atomic E-state index is 12.4. The number of rotatable bonds is 8. The van der Waals surface area contributed by atoms with Crippen molar-refractivity contribution in [2.75, 3.05) is 13.1 Å². The fourth-order valence-corrected chi connectivity index (χ4v) is 5.73. The molecule has 4 bridgehead atoms. The third-order valence-electron chi connectivity index (χ3n) is 6.41. The molecule has 4 saturated carbocycles. The fraction of sp³-hybridized carbons (Fsp3) is 0.773. The molecule has 0 aromatic carbocycles. The molecule has 3 nitrogen and oxygen atoms in total. The van der Waals surface area contributed by atoms with Crippen LogP contribution in [0.15, 0.2) is 23.3 Å². The lowest BCUT2D eigenvalue weighted by Crippen LogP contribution is -2.60. The van der Waals surface area contributed by atoms with Crippen molar-refractivity contribution in [3.63, 3.8) is 0 Å². The predicted molar refractivity (Wildman–Crippen MR) is 104 cm³/mol. The molecule has 0 aromatic heterocycles. The van der Waals surface area contributed by atoms with Crippen LogP contribution in [0.5, 0.6) is 0 Å². The van der Waals surface area contributed by atoms with Gasteiger partial charge in [-0.3, -0.25) is 4.79 Å². The van der Waals surface area contributed by atoms with E-state index in [-0.39, 0.29) is 11.4 Å². The van der Waals surface area contributed by atoms with E-state index in [1.54, 1.807) is 0 Å². The van der Waals surface area contributed by atoms with Gasteiger partial charge in [0.2, 0.25) is 5.91 Å². The molecule has 0 radical (unpaired) electrons. The van der Waals surface area contributed by atoms with E-state index in [9.17, 15) is 4.79 Å². The number of hydrogen-bond donors (Lipinski definition) is 2. The zero-order valence-electron chi connectivity index (χ0n) is 16.4. The highest BCUT2D eigenvalue weighted by Crippen LogP contribution is 2.55. The van der Waals surface area contributed by atoms with Crippen LogP contribution in [0.4, 0.5) is 0 Å². The molecular formula is C22H36N2O. The number of amides is 1. The predicted octanol–water partition coefficient (Wildman–Crippen LogP) is 4.35. The standard InChI is InChI=1S/C22H36N2O/c1-16(2)5-4-6-17(3)7-8-23-15-21(25)24-22-12-18-9-19(13-22)11-20(10-18)14-22/h5,7,18-20,23H,4,6,8-15H2,1-3H3,(H,24,25)/b17-7-. The minimum absolute atomic E-state index is 0.142. The Labute approximate surface area is 153 Å². The van der Waals surface area contributed by atoms with E-state index < -0.39 is 0 Å². The van der Waals surface area contributed by atoms with Crippen LogP contribution in [-0.2, 0) is 4.79 Å². The molecule has 0 aliphatic heterocycles. The Bertz CT molecular complexity index is 507. The van der Waals surface area contributed by atoms with Gasteiger partial charge in [-0.05, 0) is 89.9 Å². The van der Waals surface area contributed by atoms with Gasteiger partial charge in [-0.2, -0.15) is 0 Å². The van der Waals surface area contributed by atoms with E-state index in [4.69, 9.17) is 0 Å². The maximum Gasteiger partial charge on any atom is 0.234 e. The second-order valence-corrected chi connectivity index (χ2v) is 9.25. The monoisotopic (exact) mass is 344 g/mol. The first kappa shape index (κ1) is 18.7. The lowest BCUT2D eigenvalue weighted by atomic mass is 9.53. The Kier molecular flexibility index (Phi) is 6.04. The van der Waals surface area contributed by atoms with Crippen LogP contribution in [0, 0.1) is 17.8 Å². The molecule has 0 unspecified atom stereocenters. The molecule has 3 heteroatoms. The second-order valence-electron chi connectivity index (χ2n) is 9.25. The summed E-state index contributed by atoms with van der Waals surface area (Å²) in [6.45, 7) is 7.69. The summed E-state index contributed by atoms with van der Waals surface area (Å²) in [7, 11) is 0. The molecule has 0 spiro atoms. The average Bonchev–Trinajstić information content (AvgIpc) is 2.49. The van der Waals surface area contributed by atoms with Gasteiger partial charge < -0.3 is 10.6 Å². The Morgan fingerprint density at radius 3 is 2.16 bits per heavy atom. The molecule has 0 atom stereocenters. The average molecular weight is 345 g/mol. The van der Waals surface area contributed by atoms with Crippen molar-refractivity contribution < 1.29 is 4.79 Å². The van der Waals surface area contributed by atoms with E-state index in [2.05, 4.69) is 43.6 Å². The first-order valence-corrected chi connectivity index (χ1v) is 10.2. The Hall–Kier alpha value is -1.09. The molecule has 4 aliphatic rings. The smallest absolute Gasteiger partial charge is 0.234 e. The summed E-state index contributed by atoms with van der Waals surface area (Å²) >= 11 is 0. The van der Waals surface area contributed by atoms with Crippen molar-refractivity contribution >= 4 is 5.91 Å². The number of nitrogens with one attached hydrogen (secondary N) is 2. The van der Waals surface area contributed by atoms with E-state index in [0.29, 0.717) is 6.54 Å². The van der Waals surface area contributed by atoms with Crippen LogP contribution >= 0.6 is 0 Å². The van der Waals surface area contributed by atoms with Gasteiger partial charge in [-0.1, -0.05) is 23.3 Å². The summed E-state index contributed by atoms with van der Waals surface area (Å²) in [5.41, 5.74) is 2.92. The Balaban J connectivity index is 1.37. The van der Waals surface area contributed by atoms with E-state index in [0.717, 1.165) is 37.1 Å². The number of hydrogen-bond acceptors (Lipinski definition) is 2. The fourth-order valence-electron chi connectivity index (χ4n) is 5.73. The topological polar surface area (TPSA) is 41.1 Å². The highest BCUT2D eigenvalue weighted by Gasteiger charge is 2.51. The molecule has 0 saturated heterocycles. The molecule has 4 aliphatic carbocycles. The van der Waals surface area contributed by atoms with Gasteiger partial charge in [0.05, 0.1) is 6.54 Å². The molecule has 4 rings (SSSR count). The number of carbonyl (C=O) groups is 1. The molecule has 2 N–H and O–H groups in total. The zero-order valence-corrected chi connectivity index (χ0v) is 16.4. The van der Waals surface area contributed by atoms with Gasteiger partial charge in [0.1, 0.15) is 0 Å². The van der Waals surface area contributed by atoms with Gasteiger partial charge in [-0.25, -0.2) is 0 Å². The highest BCUT2D eigenvalue weighted by atomic mass is 16.2. The third kappa shape index (κ3) is 5.20. The molecule has 0 aromatic rings. The first-order valence-electron chi connectivity index (χ1n) is 10.2. The molecule has 140 valence electrons. The van der Waals surface area contributed by atoms with Gasteiger partial charge in [0, 0.05) is 12.1 Å². The van der Waals surface area contributed by atoms with E-state index in [1.807, 2.05) is 0 Å². The van der Waals surface area contributed by atoms with Crippen LogP contribution < -0.4 is 10.6 Å². The van der Waals surface area contributed by atoms with Crippen LogP contribution in [0.2, 0.25) is 0 Å². The van der Waals surface area contributed by atoms with Crippen LogP contribution in [0.25, 0.3) is 0 Å². The minimum atomic E-state index is 0.142. The SMILES string of the molecule is CC(C)=CCC/C(C)=C\CNCC(=O)NC12CC3CC(CC(C3)C1)C2. The Morgan fingerprint density at radius 1 is 1.00 bits per heavy atom. The van der Waals surface area contributed by atoms with E-state index in [1.165, 1.54) is 49.7 Å². The van der Waals surface area contributed by atoms with Crippen molar-refractivity contribution in [2.45, 2.75) is 77.7 Å². The van der Waals surface area contributed by atoms with Gasteiger partial charge >= 0.3 is 0 Å². The largest absolute Gasteiger partial charge is 0.350 e. The highest BCUT2D eigenvalue weighted by molar-refractivity contribution is 5.79. The second kappa shape index (κ2) is 8.07. The molecule has 25 heavy (non-hydrogen) atoms. The summed E-state index contributed by atoms with van der Waals surface area (Å²) in [5, 5.41) is 6.72. The number of carbonyl (C=O) groups excluding carboxylic acids is 1. The molecule has 0 heterocycles. The van der Waals surface area contributed by atoms with Gasteiger partial charge in [0.25, 0.3) is 0 Å². The lowest BCUT2D eigenvalue weighted by molar-refractivity contribution is -0.125. The first-order chi connectivity index (χ1) is 11.9. The van der Waals surface area contributed by atoms with Crippen molar-refractivity contribution in [1.82, 2.24) is 10.6 Å². The molecular weight excluding hydrogens is 308 g/mol. The normalized spacial score (nSPS) is 33.4. The quantitative estimate of drug-likeness (QED) is 0.507. The van der Waals surface area contributed by atoms with Gasteiger partial charge in [0.15, 0.2) is 0 Å². The molecule has 4 fully saturated rings. The van der Waals surface area contributed by atoms with Crippen molar-refractivity contribution in [3.8, 4) is 0 Å². The van der Waals surface area contributed by atoms with Crippen molar-refractivity contribution in [3.05, 3.63) is 23.3 Å². The van der Waals surface area contributed by atoms with Crippen molar-refractivity contribution in [2.24, 2.45) is 17.8 Å². The van der Waals surface area contributed by atoms with Crippen LogP contribution in [-0.4, -0.2) is 24.5 Å². The summed E-state index contributed by atoms with van der Waals surface area (Å²) in [6, 6.07) is 0. The minimum Gasteiger partial charge on any atom is -0.350 e. The third-order valence-corrected chi connectivity index (χ3v) is 6.41. The summed E-state index contributed by atoms with van der Waals surface area (Å²) in [4.78, 5) is 12.4. The van der Waals surface area contributed by atoms with Crippen LogP contribution in [0.1, 0.15) is 72.1 Å². The van der Waals surface area contributed by atoms with E-state index >= 15 is 0 Å². The maximum absolute atomic E-state index is 12.4. The summed E-state index contributed by atoms with van der Waals surface area (Å²) in [6.07, 6.45) is 14.7. The number of allylic oxidation sites excluding steroid dienone is 3. The zero-order chi connectivity index (χ0) is 17.9. The summed E-state index contributed by atoms with van der Waals surface area (Å²) < 4.78 is 0. The summed E-state index contributed by atoms with van der Waals surface area (Å²) in [5.74, 6) is 2.83. The lowest BCUT2D eigenvalue weighted by Gasteiger charge is -2.56.